The molecule has 4 aliphatic rings. The van der Waals surface area contributed by atoms with E-state index in [1.807, 2.05) is 0 Å². The largest absolute Gasteiger partial charge is 0.586 e. The van der Waals surface area contributed by atoms with Gasteiger partial charge in [0.05, 0.1) is 11.1 Å². The summed E-state index contributed by atoms with van der Waals surface area (Å²) in [4.78, 5) is 15.8. The van der Waals surface area contributed by atoms with Gasteiger partial charge in [-0.15, -0.1) is 8.78 Å². The van der Waals surface area contributed by atoms with Crippen LogP contribution >= 0.6 is 0 Å². The number of carbonyl (C=O) groups is 1. The van der Waals surface area contributed by atoms with E-state index in [0.29, 0.717) is 31.6 Å². The standard InChI is InChI=1S/C28H31F3N2O4/c1-26(2,3)24-13-16-12-20(19(29)15-21(16)33(24)18-6-10-35-11-7-18)32-25(34)27(8-9-27)17-4-5-22-23(14-17)37-28(30,31)36-22/h4-5,12,14-15,18,24H,6-11,13H2,1-3H3,(H,32,34). The third-order valence-electron chi connectivity index (χ3n) is 8.17. The van der Waals surface area contributed by atoms with Crippen molar-refractivity contribution < 1.29 is 32.2 Å². The first kappa shape index (κ1) is 24.4. The lowest BCUT2D eigenvalue weighted by Gasteiger charge is -2.43. The Labute approximate surface area is 214 Å². The molecule has 1 saturated carbocycles. The van der Waals surface area contributed by atoms with Gasteiger partial charge in [0, 0.05) is 31.0 Å². The zero-order valence-corrected chi connectivity index (χ0v) is 21.2. The number of nitrogens with zero attached hydrogens (tertiary/aromatic N) is 1. The second-order valence-electron chi connectivity index (χ2n) is 11.7. The van der Waals surface area contributed by atoms with Crippen LogP contribution in [-0.4, -0.2) is 37.5 Å². The van der Waals surface area contributed by atoms with Crippen LogP contribution in [-0.2, 0) is 21.4 Å². The van der Waals surface area contributed by atoms with Crippen LogP contribution in [0.5, 0.6) is 11.5 Å². The van der Waals surface area contributed by atoms with E-state index in [9.17, 15) is 13.6 Å². The molecule has 0 aromatic heterocycles. The molecule has 1 atom stereocenters. The van der Waals surface area contributed by atoms with E-state index >= 15 is 4.39 Å². The molecule has 0 bridgehead atoms. The van der Waals surface area contributed by atoms with Crippen LogP contribution < -0.4 is 19.7 Å². The van der Waals surface area contributed by atoms with Gasteiger partial charge in [-0.3, -0.25) is 4.79 Å². The molecule has 198 valence electrons. The summed E-state index contributed by atoms with van der Waals surface area (Å²) in [7, 11) is 0. The zero-order valence-electron chi connectivity index (χ0n) is 21.2. The normalized spacial score (nSPS) is 23.6. The Bertz CT molecular complexity index is 1250. The summed E-state index contributed by atoms with van der Waals surface area (Å²) in [5, 5.41) is 2.80. The van der Waals surface area contributed by atoms with Crippen LogP contribution in [0.1, 0.15) is 57.6 Å². The third kappa shape index (κ3) is 4.21. The fourth-order valence-corrected chi connectivity index (χ4v) is 5.98. The number of hydrogen-bond donors (Lipinski definition) is 1. The smallest absolute Gasteiger partial charge is 0.395 e. The zero-order chi connectivity index (χ0) is 26.2. The van der Waals surface area contributed by atoms with E-state index in [-0.39, 0.29) is 40.6 Å². The highest BCUT2D eigenvalue weighted by atomic mass is 19.3. The van der Waals surface area contributed by atoms with E-state index in [1.165, 1.54) is 12.1 Å². The molecule has 2 fully saturated rings. The van der Waals surface area contributed by atoms with Gasteiger partial charge >= 0.3 is 6.29 Å². The van der Waals surface area contributed by atoms with Crippen molar-refractivity contribution in [2.75, 3.05) is 23.4 Å². The summed E-state index contributed by atoms with van der Waals surface area (Å²) in [5.41, 5.74) is 1.65. The molecule has 1 N–H and O–H groups in total. The number of fused-ring (bicyclic) bond motifs is 2. The Morgan fingerprint density at radius 3 is 2.43 bits per heavy atom. The van der Waals surface area contributed by atoms with E-state index in [2.05, 4.69) is 40.5 Å². The van der Waals surface area contributed by atoms with Crippen LogP contribution in [0.25, 0.3) is 0 Å². The summed E-state index contributed by atoms with van der Waals surface area (Å²) in [5.74, 6) is -1.02. The van der Waals surface area contributed by atoms with Crippen molar-refractivity contribution in [2.45, 2.75) is 76.7 Å². The lowest BCUT2D eigenvalue weighted by Crippen LogP contribution is -2.49. The monoisotopic (exact) mass is 516 g/mol. The van der Waals surface area contributed by atoms with Gasteiger partial charge in [0.15, 0.2) is 11.5 Å². The molecule has 9 heteroatoms. The summed E-state index contributed by atoms with van der Waals surface area (Å²) >= 11 is 0. The van der Waals surface area contributed by atoms with E-state index in [4.69, 9.17) is 4.74 Å². The summed E-state index contributed by atoms with van der Waals surface area (Å²) in [6.45, 7) is 8.00. The van der Waals surface area contributed by atoms with Gasteiger partial charge < -0.3 is 24.4 Å². The topological polar surface area (TPSA) is 60.0 Å². The van der Waals surface area contributed by atoms with Gasteiger partial charge in [-0.1, -0.05) is 26.8 Å². The van der Waals surface area contributed by atoms with Gasteiger partial charge in [-0.25, -0.2) is 4.39 Å². The molecular weight excluding hydrogens is 485 g/mol. The summed E-state index contributed by atoms with van der Waals surface area (Å²) in [6.07, 6.45) is -0.0971. The first-order chi connectivity index (χ1) is 17.5. The van der Waals surface area contributed by atoms with E-state index in [1.54, 1.807) is 18.2 Å². The minimum Gasteiger partial charge on any atom is -0.395 e. The predicted octanol–water partition coefficient (Wildman–Crippen LogP) is 5.77. The van der Waals surface area contributed by atoms with Crippen LogP contribution in [0.15, 0.2) is 30.3 Å². The lowest BCUT2D eigenvalue weighted by atomic mass is 9.83. The number of anilines is 2. The molecule has 3 heterocycles. The first-order valence-electron chi connectivity index (χ1n) is 12.9. The molecule has 1 saturated heterocycles. The van der Waals surface area contributed by atoms with Crippen LogP contribution in [0.2, 0.25) is 0 Å². The van der Waals surface area contributed by atoms with Crippen molar-refractivity contribution in [1.29, 1.82) is 0 Å². The van der Waals surface area contributed by atoms with Crippen LogP contribution in [0.3, 0.4) is 0 Å². The molecule has 2 aromatic rings. The molecule has 0 spiro atoms. The number of amides is 1. The summed E-state index contributed by atoms with van der Waals surface area (Å²) < 4.78 is 57.0. The maximum absolute atomic E-state index is 15.5. The molecule has 6 nitrogen and oxygen atoms in total. The van der Waals surface area contributed by atoms with E-state index in [0.717, 1.165) is 30.5 Å². The van der Waals surface area contributed by atoms with Crippen molar-refractivity contribution in [1.82, 2.24) is 0 Å². The number of rotatable bonds is 4. The molecule has 0 radical (unpaired) electrons. The Hall–Kier alpha value is -2.94. The number of hydrogen-bond acceptors (Lipinski definition) is 5. The highest BCUT2D eigenvalue weighted by Crippen LogP contribution is 2.52. The number of halogens is 3. The number of ether oxygens (including phenoxy) is 3. The van der Waals surface area contributed by atoms with E-state index < -0.39 is 17.5 Å². The number of alkyl halides is 2. The average molecular weight is 517 g/mol. The van der Waals surface area contributed by atoms with Crippen molar-refractivity contribution in [3.63, 3.8) is 0 Å². The van der Waals surface area contributed by atoms with Crippen molar-refractivity contribution in [3.05, 3.63) is 47.3 Å². The van der Waals surface area contributed by atoms with Gasteiger partial charge in [-0.05, 0) is 72.9 Å². The second kappa shape index (κ2) is 8.28. The maximum atomic E-state index is 15.5. The van der Waals surface area contributed by atoms with Gasteiger partial charge in [0.1, 0.15) is 5.82 Å². The highest BCUT2D eigenvalue weighted by molar-refractivity contribution is 6.02. The Kier molecular flexibility index (Phi) is 5.46. The highest BCUT2D eigenvalue weighted by Gasteiger charge is 2.53. The van der Waals surface area contributed by atoms with Crippen molar-refractivity contribution in [2.24, 2.45) is 5.41 Å². The third-order valence-corrected chi connectivity index (χ3v) is 8.17. The number of benzene rings is 2. The Balaban J connectivity index is 1.26. The molecule has 1 aliphatic carbocycles. The maximum Gasteiger partial charge on any atom is 0.586 e. The Morgan fingerprint density at radius 1 is 1.05 bits per heavy atom. The molecule has 37 heavy (non-hydrogen) atoms. The molecule has 3 aliphatic heterocycles. The molecule has 2 aromatic carbocycles. The fourth-order valence-electron chi connectivity index (χ4n) is 5.98. The molecular formula is C28H31F3N2O4. The molecule has 1 unspecified atom stereocenters. The average Bonchev–Trinajstić information content (AvgIpc) is 3.47. The predicted molar refractivity (Wildman–Crippen MR) is 132 cm³/mol. The fraction of sp³-hybridized carbons (Fsp3) is 0.536. The number of nitrogens with one attached hydrogen (secondary N) is 1. The van der Waals surface area contributed by atoms with Gasteiger partial charge in [0.2, 0.25) is 5.91 Å². The quantitative estimate of drug-likeness (QED) is 0.559. The van der Waals surface area contributed by atoms with Gasteiger partial charge in [-0.2, -0.15) is 0 Å². The second-order valence-corrected chi connectivity index (χ2v) is 11.7. The molecule has 6 rings (SSSR count). The number of carbonyl (C=O) groups excluding carboxylic acids is 1. The summed E-state index contributed by atoms with van der Waals surface area (Å²) in [6, 6.07) is 8.19. The van der Waals surface area contributed by atoms with Crippen molar-refractivity contribution in [3.8, 4) is 11.5 Å². The minimum absolute atomic E-state index is 0.0224. The molecule has 1 amide bonds. The first-order valence-corrected chi connectivity index (χ1v) is 12.9. The van der Waals surface area contributed by atoms with Crippen LogP contribution in [0, 0.1) is 11.2 Å². The lowest BCUT2D eigenvalue weighted by molar-refractivity contribution is -0.286. The van der Waals surface area contributed by atoms with Gasteiger partial charge in [0.25, 0.3) is 0 Å². The SMILES string of the molecule is CC(C)(C)C1Cc2cc(NC(=O)C3(c4ccc5c(c4)OC(F)(F)O5)CC3)c(F)cc2N1C1CCOCC1. The Morgan fingerprint density at radius 2 is 1.76 bits per heavy atom. The van der Waals surface area contributed by atoms with Crippen LogP contribution in [0.4, 0.5) is 24.5 Å². The minimum atomic E-state index is -3.73. The van der Waals surface area contributed by atoms with Crippen molar-refractivity contribution >= 4 is 17.3 Å².